The summed E-state index contributed by atoms with van der Waals surface area (Å²) in [6.45, 7) is 6.69. The van der Waals surface area contributed by atoms with Crippen molar-refractivity contribution in [3.05, 3.63) is 35.9 Å². The van der Waals surface area contributed by atoms with Crippen LogP contribution in [0.25, 0.3) is 0 Å². The highest BCUT2D eigenvalue weighted by Crippen LogP contribution is 2.30. The first kappa shape index (κ1) is 14.5. The molecule has 1 atom stereocenters. The zero-order chi connectivity index (χ0) is 14.7. The van der Waals surface area contributed by atoms with Crippen LogP contribution in [0.1, 0.15) is 24.3 Å². The first-order valence-corrected chi connectivity index (χ1v) is 8.06. The molecule has 1 unspecified atom stereocenters. The highest BCUT2D eigenvalue weighted by molar-refractivity contribution is 5.84. The number of nitrogens with zero attached hydrogens (tertiary/aromatic N) is 2. The van der Waals surface area contributed by atoms with Gasteiger partial charge in [0.15, 0.2) is 0 Å². The topological polar surface area (TPSA) is 56.4 Å². The van der Waals surface area contributed by atoms with Gasteiger partial charge < -0.3 is 10.6 Å². The molecule has 2 aliphatic rings. The largest absolute Gasteiger partial charge is 0.387 e. The van der Waals surface area contributed by atoms with Crippen LogP contribution in [0.2, 0.25) is 0 Å². The van der Waals surface area contributed by atoms with Crippen LogP contribution in [-0.2, 0) is 0 Å². The molecular weight excluding hydrogens is 260 g/mol. The third kappa shape index (κ3) is 4.05. The van der Waals surface area contributed by atoms with E-state index >= 15 is 0 Å². The van der Waals surface area contributed by atoms with Crippen molar-refractivity contribution in [1.82, 2.24) is 9.80 Å². The number of benzene rings is 1. The van der Waals surface area contributed by atoms with E-state index < -0.39 is 0 Å². The van der Waals surface area contributed by atoms with E-state index in [-0.39, 0.29) is 11.8 Å². The van der Waals surface area contributed by atoms with E-state index in [0.29, 0.717) is 0 Å². The van der Waals surface area contributed by atoms with Crippen molar-refractivity contribution >= 4 is 5.84 Å². The molecule has 0 bridgehead atoms. The van der Waals surface area contributed by atoms with Gasteiger partial charge >= 0.3 is 0 Å². The molecule has 1 saturated heterocycles. The SMILES string of the molecule is N=C(N)C(CN1CCN(CC2CC2)CC1)c1ccccc1. The molecule has 21 heavy (non-hydrogen) atoms. The van der Waals surface area contributed by atoms with Gasteiger partial charge in [-0.05, 0) is 24.3 Å². The predicted octanol–water partition coefficient (Wildman–Crippen LogP) is 1.73. The Morgan fingerprint density at radius 1 is 1.10 bits per heavy atom. The lowest BCUT2D eigenvalue weighted by Crippen LogP contribution is -2.48. The molecule has 0 radical (unpaired) electrons. The van der Waals surface area contributed by atoms with Gasteiger partial charge in [0.2, 0.25) is 0 Å². The Labute approximate surface area is 127 Å². The number of piperazine rings is 1. The molecule has 4 heteroatoms. The monoisotopic (exact) mass is 286 g/mol. The van der Waals surface area contributed by atoms with E-state index in [0.717, 1.165) is 44.2 Å². The Kier molecular flexibility index (Phi) is 4.56. The van der Waals surface area contributed by atoms with E-state index in [2.05, 4.69) is 21.9 Å². The number of nitrogens with one attached hydrogen (secondary N) is 1. The number of amidine groups is 1. The first-order chi connectivity index (χ1) is 10.2. The van der Waals surface area contributed by atoms with Crippen molar-refractivity contribution in [2.75, 3.05) is 39.3 Å². The van der Waals surface area contributed by atoms with Crippen molar-refractivity contribution in [3.8, 4) is 0 Å². The molecule has 3 N–H and O–H groups in total. The number of hydrogen-bond donors (Lipinski definition) is 2. The van der Waals surface area contributed by atoms with Crippen molar-refractivity contribution in [3.63, 3.8) is 0 Å². The van der Waals surface area contributed by atoms with Crippen LogP contribution in [0.15, 0.2) is 30.3 Å². The smallest absolute Gasteiger partial charge is 0.0995 e. The van der Waals surface area contributed by atoms with Crippen LogP contribution in [0.3, 0.4) is 0 Å². The second-order valence-electron chi connectivity index (χ2n) is 6.46. The predicted molar refractivity (Wildman–Crippen MR) is 86.7 cm³/mol. The van der Waals surface area contributed by atoms with Crippen molar-refractivity contribution < 1.29 is 0 Å². The molecule has 4 nitrogen and oxygen atoms in total. The number of rotatable bonds is 6. The summed E-state index contributed by atoms with van der Waals surface area (Å²) in [5, 5.41) is 7.89. The second kappa shape index (κ2) is 6.58. The highest BCUT2D eigenvalue weighted by atomic mass is 15.3. The average molecular weight is 286 g/mol. The fourth-order valence-electron chi connectivity index (χ4n) is 3.15. The fourth-order valence-corrected chi connectivity index (χ4v) is 3.15. The van der Waals surface area contributed by atoms with Crippen molar-refractivity contribution in [1.29, 1.82) is 5.41 Å². The van der Waals surface area contributed by atoms with Gasteiger partial charge in [-0.2, -0.15) is 0 Å². The highest BCUT2D eigenvalue weighted by Gasteiger charge is 2.27. The lowest BCUT2D eigenvalue weighted by atomic mass is 9.97. The van der Waals surface area contributed by atoms with Gasteiger partial charge in [-0.3, -0.25) is 10.3 Å². The summed E-state index contributed by atoms with van der Waals surface area (Å²) in [6, 6.07) is 10.2. The minimum Gasteiger partial charge on any atom is -0.387 e. The van der Waals surface area contributed by atoms with E-state index in [1.807, 2.05) is 18.2 Å². The molecule has 1 saturated carbocycles. The standard InChI is InChI=1S/C17H26N4/c18-17(19)16(15-4-2-1-3-5-15)13-21-10-8-20(9-11-21)12-14-6-7-14/h1-5,14,16H,6-13H2,(H3,18,19). The molecule has 1 aliphatic heterocycles. The maximum absolute atomic E-state index is 7.89. The van der Waals surface area contributed by atoms with Crippen LogP contribution < -0.4 is 5.73 Å². The normalized spacial score (nSPS) is 22.1. The first-order valence-electron chi connectivity index (χ1n) is 8.06. The van der Waals surface area contributed by atoms with Crippen molar-refractivity contribution in [2.45, 2.75) is 18.8 Å². The van der Waals surface area contributed by atoms with Gasteiger partial charge in [0.25, 0.3) is 0 Å². The number of nitrogens with two attached hydrogens (primary N) is 1. The summed E-state index contributed by atoms with van der Waals surface area (Å²) in [5.74, 6) is 1.29. The maximum Gasteiger partial charge on any atom is 0.0995 e. The summed E-state index contributed by atoms with van der Waals surface area (Å²) >= 11 is 0. The van der Waals surface area contributed by atoms with Crippen LogP contribution in [0, 0.1) is 11.3 Å². The molecule has 1 aromatic carbocycles. The van der Waals surface area contributed by atoms with Gasteiger partial charge in [-0.1, -0.05) is 30.3 Å². The van der Waals surface area contributed by atoms with Crippen LogP contribution in [0.5, 0.6) is 0 Å². The molecule has 1 heterocycles. The molecule has 0 spiro atoms. The summed E-state index contributed by atoms with van der Waals surface area (Å²) in [4.78, 5) is 5.06. The zero-order valence-corrected chi connectivity index (χ0v) is 12.7. The van der Waals surface area contributed by atoms with Crippen molar-refractivity contribution in [2.24, 2.45) is 11.7 Å². The van der Waals surface area contributed by atoms with Gasteiger partial charge in [0, 0.05) is 39.3 Å². The zero-order valence-electron chi connectivity index (χ0n) is 12.7. The molecule has 1 aliphatic carbocycles. The van der Waals surface area contributed by atoms with E-state index in [1.54, 1.807) is 0 Å². The summed E-state index contributed by atoms with van der Waals surface area (Å²) < 4.78 is 0. The van der Waals surface area contributed by atoms with Gasteiger partial charge in [-0.15, -0.1) is 0 Å². The van der Waals surface area contributed by atoms with Gasteiger partial charge in [0.05, 0.1) is 11.8 Å². The van der Waals surface area contributed by atoms with Crippen LogP contribution >= 0.6 is 0 Å². The molecule has 0 aromatic heterocycles. The van der Waals surface area contributed by atoms with Gasteiger partial charge in [-0.25, -0.2) is 0 Å². The van der Waals surface area contributed by atoms with Crippen LogP contribution in [-0.4, -0.2) is 54.9 Å². The molecule has 3 rings (SSSR count). The Hall–Kier alpha value is -1.39. The van der Waals surface area contributed by atoms with Gasteiger partial charge in [0.1, 0.15) is 0 Å². The summed E-state index contributed by atoms with van der Waals surface area (Å²) in [6.07, 6.45) is 2.86. The lowest BCUT2D eigenvalue weighted by molar-refractivity contribution is 0.127. The summed E-state index contributed by atoms with van der Waals surface area (Å²) in [7, 11) is 0. The third-order valence-corrected chi connectivity index (χ3v) is 4.70. The number of hydrogen-bond acceptors (Lipinski definition) is 3. The molecular formula is C17H26N4. The molecule has 114 valence electrons. The third-order valence-electron chi connectivity index (χ3n) is 4.70. The Balaban J connectivity index is 1.53. The minimum absolute atomic E-state index is 0.0289. The molecule has 2 fully saturated rings. The van der Waals surface area contributed by atoms with E-state index in [1.165, 1.54) is 19.4 Å². The maximum atomic E-state index is 7.89. The van der Waals surface area contributed by atoms with E-state index in [9.17, 15) is 0 Å². The Morgan fingerprint density at radius 3 is 2.29 bits per heavy atom. The fraction of sp³-hybridized carbons (Fsp3) is 0.588. The Bertz CT molecular complexity index is 461. The minimum atomic E-state index is 0.0289. The summed E-state index contributed by atoms with van der Waals surface area (Å²) in [5.41, 5.74) is 6.99. The Morgan fingerprint density at radius 2 is 1.71 bits per heavy atom. The second-order valence-corrected chi connectivity index (χ2v) is 6.46. The molecule has 0 amide bonds. The average Bonchev–Trinajstić information content (AvgIpc) is 3.31. The lowest BCUT2D eigenvalue weighted by Gasteiger charge is -2.36. The van der Waals surface area contributed by atoms with E-state index in [4.69, 9.17) is 11.1 Å². The van der Waals surface area contributed by atoms with Crippen LogP contribution in [0.4, 0.5) is 0 Å². The quantitative estimate of drug-likeness (QED) is 0.618. The molecule has 1 aromatic rings.